The molecule has 0 saturated heterocycles. The Morgan fingerprint density at radius 1 is 0.646 bits per heavy atom. The van der Waals surface area contributed by atoms with Crippen molar-refractivity contribution in [2.75, 3.05) is 14.2 Å². The van der Waals surface area contributed by atoms with Crippen molar-refractivity contribution in [2.45, 2.75) is 76.3 Å². The molecule has 0 fully saturated rings. The summed E-state index contributed by atoms with van der Waals surface area (Å²) in [5.41, 5.74) is 13.8. The third kappa shape index (κ3) is 7.26. The van der Waals surface area contributed by atoms with Crippen LogP contribution in [0.3, 0.4) is 0 Å². The van der Waals surface area contributed by atoms with E-state index in [1.807, 2.05) is 0 Å². The minimum atomic E-state index is -2.82. The van der Waals surface area contributed by atoms with Crippen molar-refractivity contribution in [1.29, 1.82) is 0 Å². The van der Waals surface area contributed by atoms with Crippen LogP contribution in [0, 0.1) is 13.8 Å². The number of ether oxygens (including phenoxy) is 2. The van der Waals surface area contributed by atoms with E-state index < -0.39 is 21.3 Å². The molecule has 0 radical (unpaired) electrons. The third-order valence-corrected chi connectivity index (χ3v) is 17.6. The molecule has 0 unspecified atom stereocenters. The molecule has 0 heterocycles. The molecular weight excluding hydrogens is 711 g/mol. The molecule has 4 aromatic carbocycles. The summed E-state index contributed by atoms with van der Waals surface area (Å²) in [6.07, 6.45) is 10.5. The number of benzene rings is 4. The molecule has 5 heteroatoms. The van der Waals surface area contributed by atoms with E-state index >= 15 is 0 Å². The van der Waals surface area contributed by atoms with Crippen molar-refractivity contribution in [3.05, 3.63) is 136 Å². The summed E-state index contributed by atoms with van der Waals surface area (Å²) >= 11 is -2.82. The van der Waals surface area contributed by atoms with E-state index in [9.17, 15) is 0 Å². The quantitative estimate of drug-likeness (QED) is 0.262. The van der Waals surface area contributed by atoms with E-state index in [4.69, 9.17) is 9.47 Å². The summed E-state index contributed by atoms with van der Waals surface area (Å²) in [7, 11) is 3.53. The van der Waals surface area contributed by atoms with Crippen molar-refractivity contribution in [3.63, 3.8) is 0 Å². The minimum Gasteiger partial charge on any atom is -1.00 e. The van der Waals surface area contributed by atoms with Gasteiger partial charge in [0.25, 0.3) is 0 Å². The van der Waals surface area contributed by atoms with Crippen LogP contribution in [0.4, 0.5) is 0 Å². The number of methoxy groups -OCH3 is 2. The molecule has 0 atom stereocenters. The van der Waals surface area contributed by atoms with Crippen molar-refractivity contribution in [1.82, 2.24) is 0 Å². The first-order valence-corrected chi connectivity index (χ1v) is 20.4. The number of hydrogen-bond donors (Lipinski definition) is 0. The second-order valence-electron chi connectivity index (χ2n) is 15.1. The number of aryl methyl sites for hydroxylation is 2. The van der Waals surface area contributed by atoms with Crippen LogP contribution in [-0.2, 0) is 38.5 Å². The fourth-order valence-electron chi connectivity index (χ4n) is 7.07. The van der Waals surface area contributed by atoms with Crippen LogP contribution in [-0.4, -0.2) is 17.4 Å². The van der Waals surface area contributed by atoms with Gasteiger partial charge < -0.3 is 24.8 Å². The maximum atomic E-state index is 5.73. The monoisotopic (exact) mass is 756 g/mol. The second-order valence-corrected chi connectivity index (χ2v) is 21.3. The number of allylic oxidation sites excluding steroid dienone is 4. The average Bonchev–Trinajstić information content (AvgIpc) is 3.66. The Bertz CT molecular complexity index is 1870. The first-order valence-electron chi connectivity index (χ1n) is 16.5. The van der Waals surface area contributed by atoms with E-state index in [1.165, 1.54) is 53.3 Å². The predicted molar refractivity (Wildman–Crippen MR) is 192 cm³/mol. The van der Waals surface area contributed by atoms with Crippen LogP contribution in [0.15, 0.2) is 91.0 Å². The molecule has 0 aliphatic heterocycles. The number of hydrogen-bond acceptors (Lipinski definition) is 2. The van der Waals surface area contributed by atoms with Crippen molar-refractivity contribution >= 4 is 6.48 Å². The SMILES string of the molecule is COc1ccc([C](c2ccc(OC)c(C)c2)=[Zr+2]([c]2cc(C(C)(C)C)cc3c2Cc2ccc(C(C)(C)C)cc2-3)[CH]2C=CC=C2)cc1C.[Cl-].[Cl-]. The van der Waals surface area contributed by atoms with Gasteiger partial charge in [-0.2, -0.15) is 0 Å². The number of rotatable bonds is 6. The van der Waals surface area contributed by atoms with Crippen LogP contribution in [0.2, 0.25) is 3.63 Å². The van der Waals surface area contributed by atoms with Crippen LogP contribution >= 0.6 is 0 Å². The number of halogens is 2. The molecule has 2 aliphatic carbocycles. The summed E-state index contributed by atoms with van der Waals surface area (Å²) < 4.78 is 15.0. The molecule has 48 heavy (non-hydrogen) atoms. The van der Waals surface area contributed by atoms with Gasteiger partial charge in [0, 0.05) is 0 Å². The Morgan fingerprint density at radius 2 is 1.17 bits per heavy atom. The second kappa shape index (κ2) is 14.6. The van der Waals surface area contributed by atoms with E-state index in [2.05, 4.69) is 146 Å². The summed E-state index contributed by atoms with van der Waals surface area (Å²) in [6.45, 7) is 18.4. The zero-order chi connectivity index (χ0) is 33.0. The van der Waals surface area contributed by atoms with Crippen molar-refractivity contribution in [2.24, 2.45) is 0 Å². The van der Waals surface area contributed by atoms with E-state index in [1.54, 1.807) is 23.1 Å². The van der Waals surface area contributed by atoms with Gasteiger partial charge in [0.2, 0.25) is 0 Å². The van der Waals surface area contributed by atoms with Gasteiger partial charge >= 0.3 is 286 Å². The molecular formula is C43H48Cl2O2Zr. The van der Waals surface area contributed by atoms with Crippen molar-refractivity contribution < 1.29 is 55.6 Å². The van der Waals surface area contributed by atoms with Gasteiger partial charge in [-0.1, -0.05) is 0 Å². The van der Waals surface area contributed by atoms with Crippen LogP contribution in [0.5, 0.6) is 11.5 Å². The average molecular weight is 759 g/mol. The Balaban J connectivity index is 0.00000260. The van der Waals surface area contributed by atoms with Crippen LogP contribution < -0.4 is 37.6 Å². The summed E-state index contributed by atoms with van der Waals surface area (Å²) in [6, 6.07) is 26.0. The standard InChI is InChI=1S/C21H25.C17H18O2.C5H5.2ClH.Zr/c1-20(2,3)16-9-7-14-11-15-8-10-17(21(4,5)6)13-19(15)18(14)12-16;1-12-9-14(5-7-16(12)18-3)11-15-6-8-17(19-4)13(2)10-15;1-2-4-5-3-1;;;/h7,9-10,12-13H,11H2,1-6H3;5-10H,1-4H3;1-5H;2*1H;/q;;;;;+2/p-2. The van der Waals surface area contributed by atoms with Gasteiger partial charge in [-0.15, -0.1) is 0 Å². The Kier molecular flexibility index (Phi) is 11.6. The molecule has 0 saturated carbocycles. The predicted octanol–water partition coefficient (Wildman–Crippen LogP) is 3.92. The smallest absolute Gasteiger partial charge is 1.00 e. The summed E-state index contributed by atoms with van der Waals surface area (Å²) in [5, 5.41) is 0. The van der Waals surface area contributed by atoms with Gasteiger partial charge in [0.05, 0.1) is 0 Å². The van der Waals surface area contributed by atoms with Crippen LogP contribution in [0.1, 0.15) is 86.1 Å². The Morgan fingerprint density at radius 3 is 1.65 bits per heavy atom. The zero-order valence-corrected chi connectivity index (χ0v) is 34.0. The molecule has 2 nitrogen and oxygen atoms in total. The Hall–Kier alpha value is -2.71. The molecule has 0 aromatic heterocycles. The molecule has 4 aromatic rings. The maximum absolute atomic E-state index is 5.73. The largest absolute Gasteiger partial charge is 1.00 e. The van der Waals surface area contributed by atoms with E-state index in [0.717, 1.165) is 17.9 Å². The number of fused-ring (bicyclic) bond motifs is 3. The van der Waals surface area contributed by atoms with Crippen molar-refractivity contribution in [3.8, 4) is 22.6 Å². The summed E-state index contributed by atoms with van der Waals surface area (Å²) in [5.74, 6) is 1.86. The molecule has 6 rings (SSSR count). The maximum Gasteiger partial charge on any atom is -1.00 e. The molecule has 0 N–H and O–H groups in total. The zero-order valence-electron chi connectivity index (χ0n) is 30.0. The Labute approximate surface area is 308 Å². The van der Waals surface area contributed by atoms with E-state index in [-0.39, 0.29) is 35.6 Å². The van der Waals surface area contributed by atoms with Gasteiger partial charge in [-0.3, -0.25) is 0 Å². The van der Waals surface area contributed by atoms with Gasteiger partial charge in [0.1, 0.15) is 0 Å². The third-order valence-electron chi connectivity index (χ3n) is 9.76. The molecule has 0 amide bonds. The fraction of sp³-hybridized carbons (Fsp3) is 0.326. The molecule has 250 valence electrons. The van der Waals surface area contributed by atoms with E-state index in [0.29, 0.717) is 3.63 Å². The molecule has 0 bridgehead atoms. The first kappa shape index (κ1) is 38.1. The minimum absolute atomic E-state index is 0. The van der Waals surface area contributed by atoms with Crippen LogP contribution in [0.25, 0.3) is 11.1 Å². The summed E-state index contributed by atoms with van der Waals surface area (Å²) in [4.78, 5) is 0. The van der Waals surface area contributed by atoms with Gasteiger partial charge in [-0.25, -0.2) is 0 Å². The first-order chi connectivity index (χ1) is 21.8. The molecule has 0 spiro atoms. The normalized spacial score (nSPS) is 13.2. The van der Waals surface area contributed by atoms with Gasteiger partial charge in [-0.05, 0) is 0 Å². The topological polar surface area (TPSA) is 18.5 Å². The fourth-order valence-corrected chi connectivity index (χ4v) is 15.3. The van der Waals surface area contributed by atoms with Gasteiger partial charge in [0.15, 0.2) is 0 Å². The molecule has 2 aliphatic rings.